The van der Waals surface area contributed by atoms with E-state index in [9.17, 15) is 4.79 Å². The standard InChI is InChI=1S/C14H16N4O2/c1-9-3-2-4-10(5-9)13-8-18(17-16-13)11-6-12(14(19)20)15-7-11/h2-5,8,11-12,15H,6-7H2,1H3,(H,19,20)/t11-,12-/m0/s1. The van der Waals surface area contributed by atoms with Gasteiger partial charge in [-0.05, 0) is 19.4 Å². The minimum atomic E-state index is -0.813. The number of aliphatic carboxylic acids is 1. The molecule has 1 aliphatic heterocycles. The fraction of sp³-hybridized carbons (Fsp3) is 0.357. The van der Waals surface area contributed by atoms with Crippen molar-refractivity contribution in [2.24, 2.45) is 0 Å². The van der Waals surface area contributed by atoms with E-state index in [1.165, 1.54) is 5.56 Å². The molecule has 2 heterocycles. The number of benzene rings is 1. The Morgan fingerprint density at radius 1 is 1.50 bits per heavy atom. The summed E-state index contributed by atoms with van der Waals surface area (Å²) >= 11 is 0. The minimum Gasteiger partial charge on any atom is -0.480 e. The van der Waals surface area contributed by atoms with Crippen LogP contribution in [0.1, 0.15) is 18.0 Å². The molecule has 1 saturated heterocycles. The Balaban J connectivity index is 1.79. The highest BCUT2D eigenvalue weighted by atomic mass is 16.4. The van der Waals surface area contributed by atoms with Crippen LogP contribution in [0, 0.1) is 6.92 Å². The van der Waals surface area contributed by atoms with Crippen LogP contribution in [0.15, 0.2) is 30.5 Å². The van der Waals surface area contributed by atoms with E-state index in [4.69, 9.17) is 5.11 Å². The number of nitrogens with one attached hydrogen (secondary N) is 1. The van der Waals surface area contributed by atoms with E-state index in [1.54, 1.807) is 4.68 Å². The zero-order valence-corrected chi connectivity index (χ0v) is 11.2. The monoisotopic (exact) mass is 272 g/mol. The average Bonchev–Trinajstić information content (AvgIpc) is 3.08. The molecule has 0 spiro atoms. The maximum Gasteiger partial charge on any atom is 0.320 e. The van der Waals surface area contributed by atoms with Gasteiger partial charge in [-0.15, -0.1) is 5.10 Å². The topological polar surface area (TPSA) is 80.0 Å². The molecule has 1 fully saturated rings. The third-order valence-corrected chi connectivity index (χ3v) is 3.60. The molecule has 104 valence electrons. The Morgan fingerprint density at radius 2 is 2.35 bits per heavy atom. The maximum absolute atomic E-state index is 10.9. The SMILES string of the molecule is Cc1cccc(-c2cn([C@@H]3CN[C@H](C(=O)O)C3)nn2)c1. The van der Waals surface area contributed by atoms with Crippen LogP contribution in [-0.4, -0.2) is 38.7 Å². The largest absolute Gasteiger partial charge is 0.480 e. The van der Waals surface area contributed by atoms with Crippen molar-refractivity contribution in [3.63, 3.8) is 0 Å². The van der Waals surface area contributed by atoms with Crippen LogP contribution < -0.4 is 5.32 Å². The summed E-state index contributed by atoms with van der Waals surface area (Å²) in [5, 5.41) is 20.3. The molecule has 0 saturated carbocycles. The Labute approximate surface area is 116 Å². The molecule has 0 amide bonds. The molecule has 3 rings (SSSR count). The zero-order valence-electron chi connectivity index (χ0n) is 11.2. The van der Waals surface area contributed by atoms with E-state index in [-0.39, 0.29) is 6.04 Å². The molecule has 1 aromatic heterocycles. The molecule has 6 nitrogen and oxygen atoms in total. The van der Waals surface area contributed by atoms with Gasteiger partial charge in [0.1, 0.15) is 11.7 Å². The summed E-state index contributed by atoms with van der Waals surface area (Å²) in [7, 11) is 0. The molecule has 1 aliphatic rings. The second-order valence-electron chi connectivity index (χ2n) is 5.14. The van der Waals surface area contributed by atoms with E-state index < -0.39 is 12.0 Å². The maximum atomic E-state index is 10.9. The van der Waals surface area contributed by atoms with Gasteiger partial charge in [0.25, 0.3) is 0 Å². The summed E-state index contributed by atoms with van der Waals surface area (Å²) in [5.41, 5.74) is 3.01. The fourth-order valence-corrected chi connectivity index (χ4v) is 2.50. The zero-order chi connectivity index (χ0) is 14.1. The summed E-state index contributed by atoms with van der Waals surface area (Å²) in [6, 6.07) is 7.62. The predicted octanol–water partition coefficient (Wildman–Crippen LogP) is 1.24. The van der Waals surface area contributed by atoms with Crippen LogP contribution >= 0.6 is 0 Å². The molecule has 0 unspecified atom stereocenters. The second kappa shape index (κ2) is 5.05. The Morgan fingerprint density at radius 3 is 3.05 bits per heavy atom. The molecule has 1 aromatic carbocycles. The number of carboxylic acid groups (broad SMARTS) is 1. The van der Waals surface area contributed by atoms with Crippen molar-refractivity contribution < 1.29 is 9.90 Å². The lowest BCUT2D eigenvalue weighted by molar-refractivity contribution is -0.139. The van der Waals surface area contributed by atoms with E-state index in [0.29, 0.717) is 13.0 Å². The fourth-order valence-electron chi connectivity index (χ4n) is 2.50. The predicted molar refractivity (Wildman–Crippen MR) is 73.3 cm³/mol. The molecule has 2 atom stereocenters. The van der Waals surface area contributed by atoms with Crippen LogP contribution in [0.4, 0.5) is 0 Å². The third kappa shape index (κ3) is 2.42. The minimum absolute atomic E-state index is 0.0437. The lowest BCUT2D eigenvalue weighted by Crippen LogP contribution is -2.29. The highest BCUT2D eigenvalue weighted by Gasteiger charge is 2.30. The van der Waals surface area contributed by atoms with Crippen molar-refractivity contribution in [3.05, 3.63) is 36.0 Å². The lowest BCUT2D eigenvalue weighted by Gasteiger charge is -2.07. The highest BCUT2D eigenvalue weighted by molar-refractivity contribution is 5.73. The summed E-state index contributed by atoms with van der Waals surface area (Å²) < 4.78 is 1.76. The van der Waals surface area contributed by atoms with Gasteiger partial charge in [0.05, 0.1) is 12.2 Å². The first-order chi connectivity index (χ1) is 9.63. The van der Waals surface area contributed by atoms with E-state index in [0.717, 1.165) is 11.3 Å². The van der Waals surface area contributed by atoms with Crippen molar-refractivity contribution in [2.45, 2.75) is 25.4 Å². The van der Waals surface area contributed by atoms with E-state index in [2.05, 4.69) is 21.7 Å². The number of aromatic nitrogens is 3. The normalized spacial score (nSPS) is 22.1. The van der Waals surface area contributed by atoms with Gasteiger partial charge in [0.15, 0.2) is 0 Å². The van der Waals surface area contributed by atoms with Gasteiger partial charge in [-0.25, -0.2) is 4.68 Å². The van der Waals surface area contributed by atoms with Gasteiger partial charge in [0, 0.05) is 12.1 Å². The van der Waals surface area contributed by atoms with Gasteiger partial charge in [-0.1, -0.05) is 29.0 Å². The van der Waals surface area contributed by atoms with Crippen molar-refractivity contribution in [3.8, 4) is 11.3 Å². The van der Waals surface area contributed by atoms with Gasteiger partial charge < -0.3 is 10.4 Å². The number of rotatable bonds is 3. The molecule has 0 bridgehead atoms. The number of aryl methyl sites for hydroxylation is 1. The van der Waals surface area contributed by atoms with Crippen molar-refractivity contribution >= 4 is 5.97 Å². The quantitative estimate of drug-likeness (QED) is 0.878. The van der Waals surface area contributed by atoms with Crippen molar-refractivity contribution in [1.29, 1.82) is 0 Å². The Bertz CT molecular complexity index is 638. The Hall–Kier alpha value is -2.21. The number of hydrogen-bond acceptors (Lipinski definition) is 4. The van der Waals surface area contributed by atoms with Gasteiger partial charge in [-0.2, -0.15) is 0 Å². The first-order valence-electron chi connectivity index (χ1n) is 6.58. The number of carboxylic acids is 1. The number of nitrogens with zero attached hydrogens (tertiary/aromatic N) is 3. The average molecular weight is 272 g/mol. The van der Waals surface area contributed by atoms with Crippen molar-refractivity contribution in [2.75, 3.05) is 6.54 Å². The van der Waals surface area contributed by atoms with Crippen molar-refractivity contribution in [1.82, 2.24) is 20.3 Å². The van der Waals surface area contributed by atoms with Crippen LogP contribution in [0.2, 0.25) is 0 Å². The van der Waals surface area contributed by atoms with Crippen LogP contribution in [0.5, 0.6) is 0 Å². The summed E-state index contributed by atoms with van der Waals surface area (Å²) in [6.07, 6.45) is 2.41. The van der Waals surface area contributed by atoms with E-state index in [1.807, 2.05) is 31.3 Å². The molecule has 2 N–H and O–H groups in total. The first-order valence-corrected chi connectivity index (χ1v) is 6.58. The first kappa shape index (κ1) is 12.8. The van der Waals surface area contributed by atoms with Crippen LogP contribution in [0.3, 0.4) is 0 Å². The smallest absolute Gasteiger partial charge is 0.320 e. The van der Waals surface area contributed by atoms with Crippen LogP contribution in [-0.2, 0) is 4.79 Å². The Kier molecular flexibility index (Phi) is 3.23. The molecule has 6 heteroatoms. The van der Waals surface area contributed by atoms with Gasteiger partial charge in [0.2, 0.25) is 0 Å². The summed E-state index contributed by atoms with van der Waals surface area (Å²) in [6.45, 7) is 2.64. The molecular weight excluding hydrogens is 256 g/mol. The lowest BCUT2D eigenvalue weighted by atomic mass is 10.1. The number of carbonyl (C=O) groups is 1. The molecule has 0 radical (unpaired) electrons. The molecular formula is C14H16N4O2. The molecule has 0 aliphatic carbocycles. The number of hydrogen-bond donors (Lipinski definition) is 2. The second-order valence-corrected chi connectivity index (χ2v) is 5.14. The summed E-state index contributed by atoms with van der Waals surface area (Å²) in [5.74, 6) is -0.813. The molecule has 2 aromatic rings. The van der Waals surface area contributed by atoms with Gasteiger partial charge in [-0.3, -0.25) is 4.79 Å². The van der Waals surface area contributed by atoms with Gasteiger partial charge >= 0.3 is 5.97 Å². The molecule has 20 heavy (non-hydrogen) atoms. The third-order valence-electron chi connectivity index (χ3n) is 3.60. The van der Waals surface area contributed by atoms with E-state index >= 15 is 0 Å². The van der Waals surface area contributed by atoms with Crippen LogP contribution in [0.25, 0.3) is 11.3 Å². The highest BCUT2D eigenvalue weighted by Crippen LogP contribution is 2.22. The summed E-state index contributed by atoms with van der Waals surface area (Å²) in [4.78, 5) is 10.9.